The third kappa shape index (κ3) is 3.71. The Hall–Kier alpha value is -3.47. The van der Waals surface area contributed by atoms with Crippen LogP contribution in [0.3, 0.4) is 0 Å². The number of hydrogen-bond donors (Lipinski definition) is 1. The zero-order valence-corrected chi connectivity index (χ0v) is 17.8. The van der Waals surface area contributed by atoms with Crippen LogP contribution in [0.4, 0.5) is 0 Å². The lowest BCUT2D eigenvalue weighted by atomic mass is 10.0. The fraction of sp³-hybridized carbons (Fsp3) is 0.240. The number of hydrogen-bond acceptors (Lipinski definition) is 3. The van der Waals surface area contributed by atoms with Gasteiger partial charge in [0, 0.05) is 22.5 Å². The summed E-state index contributed by atoms with van der Waals surface area (Å²) in [5.74, 6) is -0.0223. The van der Waals surface area contributed by atoms with E-state index in [1.165, 1.54) is 0 Å². The molecule has 0 radical (unpaired) electrons. The number of rotatable bonds is 5. The van der Waals surface area contributed by atoms with Crippen LogP contribution in [0.5, 0.6) is 0 Å². The van der Waals surface area contributed by atoms with E-state index in [4.69, 9.17) is 10.1 Å². The Morgan fingerprint density at radius 1 is 0.967 bits per heavy atom. The highest BCUT2D eigenvalue weighted by atomic mass is 16.1. The molecular weight excluding hydrogens is 372 g/mol. The standard InChI is InChI=1S/C25H26N4O/c1-16(20-11-7-5-8-12-20)26-23(30)15-22-17(2)27-25-24(21-13-9-6-10-14-21)18(3)28-29(25)19(22)4/h5-14,16H,15H2,1-4H3,(H,26,30). The second kappa shape index (κ2) is 8.11. The number of aryl methyl sites for hydroxylation is 3. The van der Waals surface area contributed by atoms with Gasteiger partial charge in [-0.05, 0) is 38.8 Å². The van der Waals surface area contributed by atoms with Gasteiger partial charge in [-0.2, -0.15) is 5.10 Å². The number of nitrogens with one attached hydrogen (secondary N) is 1. The second-order valence-electron chi connectivity index (χ2n) is 7.70. The third-order valence-corrected chi connectivity index (χ3v) is 5.58. The summed E-state index contributed by atoms with van der Waals surface area (Å²) in [6, 6.07) is 20.1. The van der Waals surface area contributed by atoms with E-state index >= 15 is 0 Å². The van der Waals surface area contributed by atoms with Gasteiger partial charge < -0.3 is 5.32 Å². The van der Waals surface area contributed by atoms with Gasteiger partial charge in [-0.25, -0.2) is 9.50 Å². The fourth-order valence-corrected chi connectivity index (χ4v) is 3.94. The van der Waals surface area contributed by atoms with Crippen molar-refractivity contribution in [2.45, 2.75) is 40.2 Å². The van der Waals surface area contributed by atoms with Crippen LogP contribution in [-0.2, 0) is 11.2 Å². The maximum Gasteiger partial charge on any atom is 0.225 e. The van der Waals surface area contributed by atoms with Gasteiger partial charge in [0.05, 0.1) is 18.2 Å². The van der Waals surface area contributed by atoms with Crippen molar-refractivity contribution in [3.05, 3.63) is 88.9 Å². The van der Waals surface area contributed by atoms with Gasteiger partial charge in [-0.15, -0.1) is 0 Å². The first-order valence-corrected chi connectivity index (χ1v) is 10.2. The van der Waals surface area contributed by atoms with Gasteiger partial charge in [0.2, 0.25) is 5.91 Å². The Balaban J connectivity index is 1.65. The van der Waals surface area contributed by atoms with Gasteiger partial charge in [-0.1, -0.05) is 60.7 Å². The largest absolute Gasteiger partial charge is 0.349 e. The summed E-state index contributed by atoms with van der Waals surface area (Å²) in [7, 11) is 0. The Kier molecular flexibility index (Phi) is 5.36. The molecule has 4 aromatic rings. The minimum atomic E-state index is -0.0485. The smallest absolute Gasteiger partial charge is 0.225 e. The molecule has 2 aromatic carbocycles. The summed E-state index contributed by atoms with van der Waals surface area (Å²) in [6.07, 6.45) is 0.275. The Labute approximate surface area is 176 Å². The molecule has 0 aliphatic heterocycles. The number of nitrogens with zero attached hydrogens (tertiary/aromatic N) is 3. The van der Waals surface area contributed by atoms with E-state index in [9.17, 15) is 4.79 Å². The lowest BCUT2D eigenvalue weighted by molar-refractivity contribution is -0.121. The Morgan fingerprint density at radius 3 is 2.27 bits per heavy atom. The van der Waals surface area contributed by atoms with Crippen molar-refractivity contribution >= 4 is 11.6 Å². The quantitative estimate of drug-likeness (QED) is 0.528. The molecule has 152 valence electrons. The van der Waals surface area contributed by atoms with E-state index < -0.39 is 0 Å². The van der Waals surface area contributed by atoms with Gasteiger partial charge in [-0.3, -0.25) is 4.79 Å². The van der Waals surface area contributed by atoms with Gasteiger partial charge >= 0.3 is 0 Å². The number of carbonyl (C=O) groups excluding carboxylic acids is 1. The van der Waals surface area contributed by atoms with E-state index in [0.717, 1.165) is 45.0 Å². The highest BCUT2D eigenvalue weighted by Gasteiger charge is 2.20. The van der Waals surface area contributed by atoms with E-state index in [-0.39, 0.29) is 18.4 Å². The van der Waals surface area contributed by atoms with E-state index in [1.807, 2.05) is 80.7 Å². The van der Waals surface area contributed by atoms with Gasteiger partial charge in [0.1, 0.15) is 0 Å². The normalized spacial score (nSPS) is 12.1. The molecule has 5 nitrogen and oxygen atoms in total. The zero-order valence-electron chi connectivity index (χ0n) is 17.8. The van der Waals surface area contributed by atoms with Crippen LogP contribution in [0, 0.1) is 20.8 Å². The van der Waals surface area contributed by atoms with Gasteiger partial charge in [0.25, 0.3) is 0 Å². The predicted octanol–water partition coefficient (Wildman–Crippen LogP) is 4.74. The minimum absolute atomic E-state index is 0.0223. The number of carbonyl (C=O) groups is 1. The highest BCUT2D eigenvalue weighted by molar-refractivity contribution is 5.82. The molecule has 2 heterocycles. The van der Waals surface area contributed by atoms with Crippen molar-refractivity contribution in [3.8, 4) is 11.1 Å². The molecular formula is C25H26N4O. The molecule has 1 unspecified atom stereocenters. The molecule has 1 amide bonds. The number of amides is 1. The monoisotopic (exact) mass is 398 g/mol. The predicted molar refractivity (Wildman–Crippen MR) is 119 cm³/mol. The summed E-state index contributed by atoms with van der Waals surface area (Å²) in [5.41, 5.74) is 7.70. The molecule has 4 rings (SSSR count). The molecule has 0 bridgehead atoms. The number of fused-ring (bicyclic) bond motifs is 1. The molecule has 2 aromatic heterocycles. The van der Waals surface area contributed by atoms with Crippen LogP contribution in [0.25, 0.3) is 16.8 Å². The second-order valence-corrected chi connectivity index (χ2v) is 7.70. The maximum absolute atomic E-state index is 12.8. The molecule has 0 spiro atoms. The summed E-state index contributed by atoms with van der Waals surface area (Å²) in [4.78, 5) is 17.6. The highest BCUT2D eigenvalue weighted by Crippen LogP contribution is 2.29. The molecule has 0 aliphatic carbocycles. The third-order valence-electron chi connectivity index (χ3n) is 5.58. The Bertz CT molecular complexity index is 1200. The fourth-order valence-electron chi connectivity index (χ4n) is 3.94. The lowest BCUT2D eigenvalue weighted by Crippen LogP contribution is -2.29. The van der Waals surface area contributed by atoms with Crippen LogP contribution in [0.2, 0.25) is 0 Å². The van der Waals surface area contributed by atoms with E-state index in [2.05, 4.69) is 17.4 Å². The molecule has 30 heavy (non-hydrogen) atoms. The molecule has 1 atom stereocenters. The van der Waals surface area contributed by atoms with Crippen molar-refractivity contribution in [3.63, 3.8) is 0 Å². The van der Waals surface area contributed by atoms with Crippen LogP contribution in [0.15, 0.2) is 60.7 Å². The van der Waals surface area contributed by atoms with Crippen LogP contribution >= 0.6 is 0 Å². The Morgan fingerprint density at radius 2 is 1.60 bits per heavy atom. The average molecular weight is 399 g/mol. The van der Waals surface area contributed by atoms with E-state index in [1.54, 1.807) is 0 Å². The van der Waals surface area contributed by atoms with Crippen LogP contribution < -0.4 is 5.32 Å². The van der Waals surface area contributed by atoms with Crippen molar-refractivity contribution in [1.82, 2.24) is 19.9 Å². The average Bonchev–Trinajstić information content (AvgIpc) is 3.08. The molecule has 0 aliphatic rings. The SMILES string of the molecule is Cc1nc2c(-c3ccccc3)c(C)nn2c(C)c1CC(=O)NC(C)c1ccccc1. The van der Waals surface area contributed by atoms with Crippen molar-refractivity contribution in [2.24, 2.45) is 0 Å². The maximum atomic E-state index is 12.8. The van der Waals surface area contributed by atoms with Crippen LogP contribution in [0.1, 0.15) is 41.2 Å². The molecule has 0 saturated carbocycles. The first-order chi connectivity index (χ1) is 14.5. The topological polar surface area (TPSA) is 59.3 Å². The first kappa shape index (κ1) is 19.8. The summed E-state index contributed by atoms with van der Waals surface area (Å²) in [5, 5.41) is 7.82. The molecule has 0 fully saturated rings. The van der Waals surface area contributed by atoms with Crippen molar-refractivity contribution in [1.29, 1.82) is 0 Å². The van der Waals surface area contributed by atoms with Crippen molar-refractivity contribution in [2.75, 3.05) is 0 Å². The molecule has 0 saturated heterocycles. The molecule has 1 N–H and O–H groups in total. The molecule has 5 heteroatoms. The summed E-state index contributed by atoms with van der Waals surface area (Å²) < 4.78 is 1.87. The van der Waals surface area contributed by atoms with E-state index in [0.29, 0.717) is 0 Å². The minimum Gasteiger partial charge on any atom is -0.349 e. The number of aromatic nitrogens is 3. The summed E-state index contributed by atoms with van der Waals surface area (Å²) in [6.45, 7) is 7.97. The van der Waals surface area contributed by atoms with Gasteiger partial charge in [0.15, 0.2) is 5.65 Å². The zero-order chi connectivity index (χ0) is 21.3. The first-order valence-electron chi connectivity index (χ1n) is 10.2. The van der Waals surface area contributed by atoms with Crippen LogP contribution in [-0.4, -0.2) is 20.5 Å². The lowest BCUT2D eigenvalue weighted by Gasteiger charge is -2.16. The summed E-state index contributed by atoms with van der Waals surface area (Å²) >= 11 is 0. The van der Waals surface area contributed by atoms with Crippen molar-refractivity contribution < 1.29 is 4.79 Å². The number of benzene rings is 2.